The zero-order chi connectivity index (χ0) is 31.2. The van der Waals surface area contributed by atoms with Gasteiger partial charge in [-0.3, -0.25) is 13.7 Å². The van der Waals surface area contributed by atoms with Gasteiger partial charge in [0.2, 0.25) is 0 Å². The van der Waals surface area contributed by atoms with Gasteiger partial charge in [-0.2, -0.15) is 25.3 Å². The highest BCUT2D eigenvalue weighted by atomic mass is 32.2. The van der Waals surface area contributed by atoms with Crippen molar-refractivity contribution >= 4 is 63.4 Å². The quantitative estimate of drug-likeness (QED) is 0.193. The molecule has 0 saturated heterocycles. The van der Waals surface area contributed by atoms with Crippen LogP contribution >= 0.6 is 33.0 Å². The van der Waals surface area contributed by atoms with Crippen LogP contribution in [-0.4, -0.2) is 115 Å². The summed E-state index contributed by atoms with van der Waals surface area (Å²) in [6.07, 6.45) is 15.1. The molecule has 36 heavy (non-hydrogen) atoms. The highest BCUT2D eigenvalue weighted by Crippen LogP contribution is 2.28. The summed E-state index contributed by atoms with van der Waals surface area (Å²) in [7, 11) is -7.62. The van der Waals surface area contributed by atoms with E-state index in [1.54, 1.807) is 0 Å². The fourth-order valence-corrected chi connectivity index (χ4v) is 2.01. The lowest BCUT2D eigenvalue weighted by molar-refractivity contribution is 0.488. The van der Waals surface area contributed by atoms with Crippen LogP contribution in [0.1, 0.15) is 41.5 Å². The monoisotopic (exact) mass is 658 g/mol. The molecule has 226 valence electrons. The molecule has 0 amide bonds. The van der Waals surface area contributed by atoms with Crippen LogP contribution in [0.15, 0.2) is 0 Å². The van der Waals surface area contributed by atoms with Crippen LogP contribution in [0, 0.1) is 12.1 Å². The molecule has 0 aromatic heterocycles. The van der Waals surface area contributed by atoms with Gasteiger partial charge >= 0.3 is 0 Å². The minimum atomic E-state index is -3.67. The van der Waals surface area contributed by atoms with E-state index in [0.29, 0.717) is 42.5 Å². The van der Waals surface area contributed by atoms with Crippen molar-refractivity contribution in [3.8, 4) is 12.1 Å². The fraction of sp³-hybridized carbons (Fsp3) is 0.900. The standard InChI is InChI=1S/3C5H13P.C2H3P.3CH4O3S/c3*1-4-6(3)5-2;1-2-3;3*1-5(2,3)4/h3*4-5H2,1-3H3;1H,3H2;3*1H3,(H,2,3,4). The van der Waals surface area contributed by atoms with E-state index in [-0.39, 0.29) is 0 Å². The Hall–Kier alpha value is 1.01. The summed E-state index contributed by atoms with van der Waals surface area (Å²) < 4.78 is 77.6. The van der Waals surface area contributed by atoms with Crippen molar-refractivity contribution in [1.82, 2.24) is 0 Å². The summed E-state index contributed by atoms with van der Waals surface area (Å²) >= 11 is 0. The van der Waals surface area contributed by atoms with Crippen LogP contribution in [-0.2, 0) is 30.4 Å². The number of rotatable bonds is 6. The van der Waals surface area contributed by atoms with E-state index in [2.05, 4.69) is 82.9 Å². The second-order valence-corrected chi connectivity index (χ2v) is 20.5. The Labute approximate surface area is 230 Å². The van der Waals surface area contributed by atoms with Crippen molar-refractivity contribution in [3.05, 3.63) is 0 Å². The summed E-state index contributed by atoms with van der Waals surface area (Å²) in [5.74, 6) is 0. The van der Waals surface area contributed by atoms with Crippen molar-refractivity contribution in [2.45, 2.75) is 41.5 Å². The molecule has 1 atom stereocenters. The maximum Gasteiger partial charge on any atom is 0.261 e. The van der Waals surface area contributed by atoms with Crippen LogP contribution in [0.25, 0.3) is 0 Å². The van der Waals surface area contributed by atoms with Crippen LogP contribution in [0.4, 0.5) is 0 Å². The molecule has 0 bridgehead atoms. The summed E-state index contributed by atoms with van der Waals surface area (Å²) in [6, 6.07) is 0. The Kier molecular flexibility index (Phi) is 53.3. The Bertz CT molecular complexity index is 638. The molecule has 0 saturated carbocycles. The molecule has 0 aromatic carbocycles. The average molecular weight is 659 g/mol. The molecule has 3 N–H and O–H groups in total. The topological polar surface area (TPSA) is 163 Å². The third kappa shape index (κ3) is 239. The van der Waals surface area contributed by atoms with Crippen LogP contribution in [0.2, 0.25) is 0 Å². The molecular formula is C20H54O9P4S3. The smallest absolute Gasteiger partial charge is 0.261 e. The van der Waals surface area contributed by atoms with Crippen LogP contribution < -0.4 is 0 Å². The van der Waals surface area contributed by atoms with E-state index in [1.165, 1.54) is 37.0 Å². The molecule has 0 aliphatic carbocycles. The summed E-state index contributed by atoms with van der Waals surface area (Å²) in [5, 5.41) is 0. The molecule has 0 radical (unpaired) electrons. The maximum absolute atomic E-state index is 9.19. The summed E-state index contributed by atoms with van der Waals surface area (Å²) in [5.41, 5.74) is 2.17. The molecule has 0 heterocycles. The molecule has 9 nitrogen and oxygen atoms in total. The van der Waals surface area contributed by atoms with Gasteiger partial charge in [-0.25, -0.2) is 0 Å². The first-order chi connectivity index (χ1) is 15.8. The number of terminal acetylenes is 1. The predicted octanol–water partition coefficient (Wildman–Crippen LogP) is 5.38. The third-order valence-corrected chi connectivity index (χ3v) is 9.72. The van der Waals surface area contributed by atoms with Gasteiger partial charge in [0.15, 0.2) is 0 Å². The molecule has 0 fully saturated rings. The van der Waals surface area contributed by atoms with E-state index in [0.717, 1.165) is 0 Å². The second kappa shape index (κ2) is 36.0. The van der Waals surface area contributed by atoms with Crippen LogP contribution in [0.3, 0.4) is 0 Å². The summed E-state index contributed by atoms with van der Waals surface area (Å²) in [6.45, 7) is 20.6. The molecule has 0 aliphatic heterocycles. The van der Waals surface area contributed by atoms with E-state index in [1.807, 2.05) is 0 Å². The molecule has 0 aliphatic rings. The van der Waals surface area contributed by atoms with Gasteiger partial charge < -0.3 is 0 Å². The minimum absolute atomic E-state index is 0.424. The zero-order valence-corrected chi connectivity index (χ0v) is 30.5. The molecule has 0 rings (SSSR count). The predicted molar refractivity (Wildman–Crippen MR) is 173 cm³/mol. The maximum atomic E-state index is 9.19. The van der Waals surface area contributed by atoms with Gasteiger partial charge in [0.1, 0.15) is 0 Å². The van der Waals surface area contributed by atoms with E-state index < -0.39 is 30.4 Å². The largest absolute Gasteiger partial charge is 0.286 e. The second-order valence-electron chi connectivity index (χ2n) is 6.83. The van der Waals surface area contributed by atoms with Crippen molar-refractivity contribution in [2.75, 3.05) is 75.7 Å². The number of hydrogen-bond donors (Lipinski definition) is 3. The Morgan fingerprint density at radius 1 is 0.556 bits per heavy atom. The van der Waals surface area contributed by atoms with E-state index in [9.17, 15) is 25.3 Å². The van der Waals surface area contributed by atoms with E-state index in [4.69, 9.17) is 13.7 Å². The molecule has 16 heteroatoms. The summed E-state index contributed by atoms with van der Waals surface area (Å²) in [4.78, 5) is 0. The molecular weight excluding hydrogens is 604 g/mol. The van der Waals surface area contributed by atoms with Crippen molar-refractivity contribution in [1.29, 1.82) is 0 Å². The lowest BCUT2D eigenvalue weighted by Gasteiger charge is -2.00. The Morgan fingerprint density at radius 3 is 0.611 bits per heavy atom. The Morgan fingerprint density at radius 2 is 0.611 bits per heavy atom. The van der Waals surface area contributed by atoms with Gasteiger partial charge in [-0.05, 0) is 57.0 Å². The average Bonchev–Trinajstić information content (AvgIpc) is 2.69. The zero-order valence-electron chi connectivity index (χ0n) is 24.3. The highest BCUT2D eigenvalue weighted by molar-refractivity contribution is 7.85. The third-order valence-electron chi connectivity index (χ3n) is 3.24. The van der Waals surface area contributed by atoms with E-state index >= 15 is 0 Å². The first-order valence-electron chi connectivity index (χ1n) is 10.8. The van der Waals surface area contributed by atoms with Gasteiger partial charge in [0, 0.05) is 0 Å². The van der Waals surface area contributed by atoms with Crippen LogP contribution in [0.5, 0.6) is 0 Å². The normalized spacial score (nSPS) is 10.1. The van der Waals surface area contributed by atoms with Gasteiger partial charge in [-0.1, -0.05) is 56.4 Å². The molecule has 0 aromatic rings. The number of hydrogen-bond acceptors (Lipinski definition) is 6. The SMILES string of the molecule is C#CP.CCP(C)CC.CCP(C)CC.CCP(C)CC.CS(=O)(=O)O.CS(=O)(=O)O.CS(=O)(=O)O. The fourth-order valence-electron chi connectivity index (χ4n) is 0.671. The van der Waals surface area contributed by atoms with Gasteiger partial charge in [0.25, 0.3) is 30.4 Å². The molecule has 1 unspecified atom stereocenters. The van der Waals surface area contributed by atoms with Crippen molar-refractivity contribution < 1.29 is 38.9 Å². The van der Waals surface area contributed by atoms with Crippen molar-refractivity contribution in [3.63, 3.8) is 0 Å². The van der Waals surface area contributed by atoms with Gasteiger partial charge in [-0.15, -0.1) is 30.2 Å². The Balaban J connectivity index is -0.0000000550. The molecule has 0 spiro atoms. The van der Waals surface area contributed by atoms with Crippen molar-refractivity contribution in [2.24, 2.45) is 0 Å². The van der Waals surface area contributed by atoms with Gasteiger partial charge in [0.05, 0.1) is 18.8 Å². The first-order valence-corrected chi connectivity index (χ1v) is 23.4. The first kappa shape index (κ1) is 53.3. The lowest BCUT2D eigenvalue weighted by Crippen LogP contribution is -1.88. The highest BCUT2D eigenvalue weighted by Gasteiger charge is 1.88. The minimum Gasteiger partial charge on any atom is -0.286 e. The lowest BCUT2D eigenvalue weighted by atomic mass is 11.0.